The van der Waals surface area contributed by atoms with Crippen molar-refractivity contribution in [2.24, 2.45) is 0 Å². The summed E-state index contributed by atoms with van der Waals surface area (Å²) in [7, 11) is 3.17. The zero-order valence-corrected chi connectivity index (χ0v) is 17.6. The monoisotopic (exact) mass is 417 g/mol. The first-order valence-corrected chi connectivity index (χ1v) is 8.99. The van der Waals surface area contributed by atoms with E-state index < -0.39 is 5.97 Å². The Bertz CT molecular complexity index is 988. The van der Waals surface area contributed by atoms with Crippen LogP contribution in [-0.2, 0) is 4.74 Å². The minimum atomic E-state index is -0.436. The SMILES string of the molecule is CCCOC(=O)c1cnc2nc(C)ccc2c1Nc1cc(OC)cc(OC)c1.Cl. The van der Waals surface area contributed by atoms with Crippen LogP contribution < -0.4 is 14.8 Å². The van der Waals surface area contributed by atoms with E-state index in [0.29, 0.717) is 40.7 Å². The summed E-state index contributed by atoms with van der Waals surface area (Å²) in [6, 6.07) is 9.18. The number of benzene rings is 1. The van der Waals surface area contributed by atoms with Crippen molar-refractivity contribution in [2.45, 2.75) is 20.3 Å². The fourth-order valence-electron chi connectivity index (χ4n) is 2.76. The molecule has 0 bridgehead atoms. The Kier molecular flexibility index (Phi) is 7.61. The van der Waals surface area contributed by atoms with Gasteiger partial charge in [0.05, 0.1) is 26.5 Å². The fraction of sp³-hybridized carbons (Fsp3) is 0.286. The van der Waals surface area contributed by atoms with Crippen LogP contribution in [0.15, 0.2) is 36.5 Å². The van der Waals surface area contributed by atoms with Gasteiger partial charge in [-0.3, -0.25) is 0 Å². The van der Waals surface area contributed by atoms with E-state index in [1.165, 1.54) is 6.20 Å². The summed E-state index contributed by atoms with van der Waals surface area (Å²) < 4.78 is 16.0. The lowest BCUT2D eigenvalue weighted by Gasteiger charge is -2.15. The number of hydrogen-bond donors (Lipinski definition) is 1. The van der Waals surface area contributed by atoms with Crippen molar-refractivity contribution in [2.75, 3.05) is 26.1 Å². The highest BCUT2D eigenvalue weighted by atomic mass is 35.5. The van der Waals surface area contributed by atoms with Gasteiger partial charge in [-0.15, -0.1) is 12.4 Å². The lowest BCUT2D eigenvalue weighted by molar-refractivity contribution is 0.0506. The molecule has 0 amide bonds. The van der Waals surface area contributed by atoms with Crippen molar-refractivity contribution >= 4 is 40.8 Å². The number of halogens is 1. The topological polar surface area (TPSA) is 82.6 Å². The smallest absolute Gasteiger partial charge is 0.341 e. The molecule has 2 heterocycles. The maximum absolute atomic E-state index is 12.6. The third-order valence-corrected chi connectivity index (χ3v) is 4.15. The van der Waals surface area contributed by atoms with Gasteiger partial charge in [-0.25, -0.2) is 14.8 Å². The third-order valence-electron chi connectivity index (χ3n) is 4.15. The van der Waals surface area contributed by atoms with Crippen LogP contribution in [0.2, 0.25) is 0 Å². The number of rotatable bonds is 7. The Hall–Kier alpha value is -3.06. The number of aryl methyl sites for hydroxylation is 1. The highest BCUT2D eigenvalue weighted by Gasteiger charge is 2.18. The van der Waals surface area contributed by atoms with E-state index in [-0.39, 0.29) is 12.4 Å². The van der Waals surface area contributed by atoms with Crippen LogP contribution in [0.25, 0.3) is 11.0 Å². The zero-order chi connectivity index (χ0) is 20.1. The summed E-state index contributed by atoms with van der Waals surface area (Å²) in [4.78, 5) is 21.4. The predicted octanol–water partition coefficient (Wildman–Crippen LogP) is 4.69. The molecule has 29 heavy (non-hydrogen) atoms. The largest absolute Gasteiger partial charge is 0.497 e. The summed E-state index contributed by atoms with van der Waals surface area (Å²) in [5.74, 6) is 0.822. The number of methoxy groups -OCH3 is 2. The Labute approximate surface area is 175 Å². The van der Waals surface area contributed by atoms with Crippen molar-refractivity contribution in [1.82, 2.24) is 9.97 Å². The van der Waals surface area contributed by atoms with E-state index in [0.717, 1.165) is 17.5 Å². The van der Waals surface area contributed by atoms with Crippen molar-refractivity contribution < 1.29 is 19.0 Å². The predicted molar refractivity (Wildman–Crippen MR) is 115 cm³/mol. The molecule has 0 aliphatic carbocycles. The standard InChI is InChI=1S/C21H23N3O4.ClH/c1-5-8-28-21(25)18-12-22-20-17(7-6-13(2)23-20)19(18)24-14-9-15(26-3)11-16(10-14)27-4;/h6-7,9-12H,5,8H2,1-4H3,(H,22,23,24);1H. The minimum absolute atomic E-state index is 0. The Balaban J connectivity index is 0.00000300. The lowest BCUT2D eigenvalue weighted by atomic mass is 10.1. The van der Waals surface area contributed by atoms with Crippen molar-refractivity contribution in [1.29, 1.82) is 0 Å². The molecule has 0 radical (unpaired) electrons. The molecule has 0 unspecified atom stereocenters. The number of aromatic nitrogens is 2. The number of carbonyl (C=O) groups excluding carboxylic acids is 1. The Morgan fingerprint density at radius 3 is 2.41 bits per heavy atom. The summed E-state index contributed by atoms with van der Waals surface area (Å²) in [6.07, 6.45) is 2.23. The second-order valence-corrected chi connectivity index (χ2v) is 6.23. The minimum Gasteiger partial charge on any atom is -0.497 e. The fourth-order valence-corrected chi connectivity index (χ4v) is 2.76. The molecule has 154 valence electrons. The number of nitrogens with zero attached hydrogens (tertiary/aromatic N) is 2. The van der Waals surface area contributed by atoms with E-state index in [1.807, 2.05) is 38.1 Å². The molecule has 0 aliphatic rings. The second kappa shape index (κ2) is 9.93. The highest BCUT2D eigenvalue weighted by molar-refractivity contribution is 6.05. The van der Waals surface area contributed by atoms with Gasteiger partial charge < -0.3 is 19.5 Å². The number of carbonyl (C=O) groups is 1. The summed E-state index contributed by atoms with van der Waals surface area (Å²) >= 11 is 0. The molecular formula is C21H24ClN3O4. The van der Waals surface area contributed by atoms with Gasteiger partial charge in [0.15, 0.2) is 5.65 Å². The number of hydrogen-bond acceptors (Lipinski definition) is 7. The van der Waals surface area contributed by atoms with Crippen molar-refractivity contribution in [3.05, 3.63) is 47.8 Å². The van der Waals surface area contributed by atoms with Crippen LogP contribution in [0.5, 0.6) is 11.5 Å². The quantitative estimate of drug-likeness (QED) is 0.558. The number of nitrogens with one attached hydrogen (secondary N) is 1. The van der Waals surface area contributed by atoms with E-state index in [1.54, 1.807) is 20.3 Å². The van der Waals surface area contributed by atoms with Crippen LogP contribution in [0.3, 0.4) is 0 Å². The molecule has 2 aromatic heterocycles. The lowest BCUT2D eigenvalue weighted by Crippen LogP contribution is -2.10. The van der Waals surface area contributed by atoms with Crippen LogP contribution in [0.4, 0.5) is 11.4 Å². The molecule has 3 aromatic rings. The van der Waals surface area contributed by atoms with Crippen molar-refractivity contribution in [3.63, 3.8) is 0 Å². The molecule has 0 spiro atoms. The maximum Gasteiger partial charge on any atom is 0.341 e. The van der Waals surface area contributed by atoms with Gasteiger partial charge in [0.25, 0.3) is 0 Å². The molecular weight excluding hydrogens is 394 g/mol. The van der Waals surface area contributed by atoms with E-state index in [9.17, 15) is 4.79 Å². The molecule has 1 N–H and O–H groups in total. The second-order valence-electron chi connectivity index (χ2n) is 6.23. The number of ether oxygens (including phenoxy) is 3. The summed E-state index contributed by atoms with van der Waals surface area (Å²) in [6.45, 7) is 4.18. The highest BCUT2D eigenvalue weighted by Crippen LogP contribution is 2.33. The molecule has 7 nitrogen and oxygen atoms in total. The molecule has 8 heteroatoms. The van der Waals surface area contributed by atoms with Gasteiger partial charge in [0.2, 0.25) is 0 Å². The van der Waals surface area contributed by atoms with Gasteiger partial charge in [0, 0.05) is 41.2 Å². The molecule has 1 aromatic carbocycles. The normalized spacial score (nSPS) is 10.2. The number of fused-ring (bicyclic) bond motifs is 1. The number of esters is 1. The van der Waals surface area contributed by atoms with E-state index in [4.69, 9.17) is 14.2 Å². The number of pyridine rings is 2. The number of anilines is 2. The van der Waals surface area contributed by atoms with Crippen LogP contribution >= 0.6 is 12.4 Å². The average molecular weight is 418 g/mol. The first kappa shape index (κ1) is 22.2. The van der Waals surface area contributed by atoms with Gasteiger partial charge in [-0.05, 0) is 25.5 Å². The Morgan fingerprint density at radius 1 is 1.10 bits per heavy atom. The molecule has 0 aliphatic heterocycles. The summed E-state index contributed by atoms with van der Waals surface area (Å²) in [5.41, 5.74) is 3.01. The van der Waals surface area contributed by atoms with E-state index >= 15 is 0 Å². The maximum atomic E-state index is 12.6. The van der Waals surface area contributed by atoms with Crippen LogP contribution in [0.1, 0.15) is 29.4 Å². The molecule has 0 atom stereocenters. The first-order valence-electron chi connectivity index (χ1n) is 8.99. The van der Waals surface area contributed by atoms with Crippen molar-refractivity contribution in [3.8, 4) is 11.5 Å². The average Bonchev–Trinajstić information content (AvgIpc) is 2.71. The summed E-state index contributed by atoms with van der Waals surface area (Å²) in [5, 5.41) is 4.02. The van der Waals surface area contributed by atoms with Gasteiger partial charge >= 0.3 is 5.97 Å². The van der Waals surface area contributed by atoms with E-state index in [2.05, 4.69) is 15.3 Å². The molecule has 3 rings (SSSR count). The molecule has 0 fully saturated rings. The zero-order valence-electron chi connectivity index (χ0n) is 16.8. The third kappa shape index (κ3) is 5.06. The van der Waals surface area contributed by atoms with Crippen LogP contribution in [0, 0.1) is 6.92 Å². The van der Waals surface area contributed by atoms with Gasteiger partial charge in [-0.1, -0.05) is 6.92 Å². The Morgan fingerprint density at radius 2 is 1.79 bits per heavy atom. The molecule has 0 saturated heterocycles. The van der Waals surface area contributed by atoms with Gasteiger partial charge in [-0.2, -0.15) is 0 Å². The van der Waals surface area contributed by atoms with Gasteiger partial charge in [0.1, 0.15) is 17.1 Å². The van der Waals surface area contributed by atoms with Crippen LogP contribution in [-0.4, -0.2) is 36.8 Å². The first-order chi connectivity index (χ1) is 13.5. The molecule has 0 saturated carbocycles.